The molecular formula is C9H15ClN2O. The molecule has 0 aliphatic carbocycles. The van der Waals surface area contributed by atoms with E-state index in [0.717, 1.165) is 19.3 Å². The van der Waals surface area contributed by atoms with Gasteiger partial charge in [0.2, 0.25) is 5.91 Å². The molecule has 74 valence electrons. The van der Waals surface area contributed by atoms with Crippen molar-refractivity contribution in [3.8, 4) is 6.07 Å². The van der Waals surface area contributed by atoms with Crippen LogP contribution in [-0.4, -0.2) is 18.3 Å². The highest BCUT2D eigenvalue weighted by Gasteiger charge is 1.98. The van der Waals surface area contributed by atoms with Crippen LogP contribution in [0.3, 0.4) is 0 Å². The zero-order valence-electron chi connectivity index (χ0n) is 7.68. The Balaban J connectivity index is 3.16. The summed E-state index contributed by atoms with van der Waals surface area (Å²) in [6, 6.07) is 2.02. The molecule has 0 saturated carbocycles. The van der Waals surface area contributed by atoms with E-state index >= 15 is 0 Å². The zero-order valence-corrected chi connectivity index (χ0v) is 8.44. The first-order valence-electron chi connectivity index (χ1n) is 4.51. The van der Waals surface area contributed by atoms with Gasteiger partial charge in [0.25, 0.3) is 0 Å². The van der Waals surface area contributed by atoms with Gasteiger partial charge in [0, 0.05) is 25.3 Å². The number of rotatable bonds is 7. The maximum atomic E-state index is 11.0. The number of nitriles is 1. The van der Waals surface area contributed by atoms with Crippen LogP contribution in [0.4, 0.5) is 0 Å². The van der Waals surface area contributed by atoms with Gasteiger partial charge in [0.05, 0.1) is 6.07 Å². The molecule has 0 fully saturated rings. The molecule has 0 bridgehead atoms. The smallest absolute Gasteiger partial charge is 0.219 e. The lowest BCUT2D eigenvalue weighted by molar-refractivity contribution is -0.121. The summed E-state index contributed by atoms with van der Waals surface area (Å²) in [6.45, 7) is 0.604. The fourth-order valence-corrected chi connectivity index (χ4v) is 1.05. The monoisotopic (exact) mass is 202 g/mol. The minimum absolute atomic E-state index is 0.0584. The second-order valence-corrected chi connectivity index (χ2v) is 3.14. The van der Waals surface area contributed by atoms with E-state index in [0.29, 0.717) is 25.3 Å². The predicted octanol–water partition coefficient (Wildman–Crippen LogP) is 1.82. The number of amides is 1. The Bertz CT molecular complexity index is 177. The highest BCUT2D eigenvalue weighted by atomic mass is 35.5. The van der Waals surface area contributed by atoms with E-state index < -0.39 is 0 Å². The summed E-state index contributed by atoms with van der Waals surface area (Å²) >= 11 is 5.46. The molecule has 1 amide bonds. The van der Waals surface area contributed by atoms with Crippen LogP contribution in [0, 0.1) is 11.3 Å². The molecule has 0 aliphatic rings. The molecule has 0 atom stereocenters. The van der Waals surface area contributed by atoms with E-state index in [1.165, 1.54) is 0 Å². The molecule has 0 spiro atoms. The molecule has 0 aromatic heterocycles. The number of halogens is 1. The van der Waals surface area contributed by atoms with E-state index in [4.69, 9.17) is 16.9 Å². The zero-order chi connectivity index (χ0) is 9.94. The van der Waals surface area contributed by atoms with Crippen molar-refractivity contribution in [2.75, 3.05) is 12.4 Å². The van der Waals surface area contributed by atoms with Crippen molar-refractivity contribution in [3.05, 3.63) is 0 Å². The molecule has 4 heteroatoms. The summed E-state index contributed by atoms with van der Waals surface area (Å²) in [4.78, 5) is 11.0. The van der Waals surface area contributed by atoms with Gasteiger partial charge < -0.3 is 5.32 Å². The molecule has 0 rings (SSSR count). The number of nitrogens with one attached hydrogen (secondary N) is 1. The van der Waals surface area contributed by atoms with Crippen molar-refractivity contribution in [1.82, 2.24) is 5.32 Å². The highest BCUT2D eigenvalue weighted by Crippen LogP contribution is 1.96. The Morgan fingerprint density at radius 3 is 2.77 bits per heavy atom. The minimum atomic E-state index is 0.0584. The first-order chi connectivity index (χ1) is 6.31. The predicted molar refractivity (Wildman–Crippen MR) is 52.4 cm³/mol. The number of nitrogens with zero attached hydrogens (tertiary/aromatic N) is 1. The van der Waals surface area contributed by atoms with Gasteiger partial charge in [-0.1, -0.05) is 0 Å². The SMILES string of the molecule is N#CCCCNC(=O)CCCCCl. The van der Waals surface area contributed by atoms with Gasteiger partial charge in [-0.15, -0.1) is 11.6 Å². The van der Waals surface area contributed by atoms with E-state index in [-0.39, 0.29) is 5.91 Å². The molecule has 0 aromatic rings. The van der Waals surface area contributed by atoms with Crippen LogP contribution in [0.15, 0.2) is 0 Å². The number of unbranched alkanes of at least 4 members (excludes halogenated alkanes) is 2. The van der Waals surface area contributed by atoms with Crippen molar-refractivity contribution >= 4 is 17.5 Å². The maximum absolute atomic E-state index is 11.0. The van der Waals surface area contributed by atoms with Crippen LogP contribution in [-0.2, 0) is 4.79 Å². The van der Waals surface area contributed by atoms with Crippen LogP contribution < -0.4 is 5.32 Å². The van der Waals surface area contributed by atoms with Gasteiger partial charge in [0.1, 0.15) is 0 Å². The highest BCUT2D eigenvalue weighted by molar-refractivity contribution is 6.17. The van der Waals surface area contributed by atoms with E-state index in [2.05, 4.69) is 5.32 Å². The van der Waals surface area contributed by atoms with Crippen molar-refractivity contribution in [2.45, 2.75) is 32.1 Å². The molecule has 0 unspecified atom stereocenters. The lowest BCUT2D eigenvalue weighted by atomic mass is 10.2. The van der Waals surface area contributed by atoms with Crippen molar-refractivity contribution < 1.29 is 4.79 Å². The van der Waals surface area contributed by atoms with Gasteiger partial charge in [-0.3, -0.25) is 4.79 Å². The van der Waals surface area contributed by atoms with Crippen molar-refractivity contribution in [1.29, 1.82) is 5.26 Å². The summed E-state index contributed by atoms with van der Waals surface area (Å²) in [5.41, 5.74) is 0. The van der Waals surface area contributed by atoms with E-state index in [9.17, 15) is 4.79 Å². The molecule has 1 N–H and O–H groups in total. The molecule has 3 nitrogen and oxygen atoms in total. The second-order valence-electron chi connectivity index (χ2n) is 2.76. The largest absolute Gasteiger partial charge is 0.356 e. The van der Waals surface area contributed by atoms with Crippen LogP contribution in [0.5, 0.6) is 0 Å². The van der Waals surface area contributed by atoms with Crippen molar-refractivity contribution in [2.24, 2.45) is 0 Å². The summed E-state index contributed by atoms with van der Waals surface area (Å²) in [5, 5.41) is 11.0. The quantitative estimate of drug-likeness (QED) is 0.506. The molecule has 0 radical (unpaired) electrons. The van der Waals surface area contributed by atoms with Crippen LogP contribution in [0.25, 0.3) is 0 Å². The molecular weight excluding hydrogens is 188 g/mol. The average molecular weight is 203 g/mol. The summed E-state index contributed by atoms with van der Waals surface area (Å²) in [7, 11) is 0. The van der Waals surface area contributed by atoms with Crippen LogP contribution in [0.1, 0.15) is 32.1 Å². The fourth-order valence-electron chi connectivity index (χ4n) is 0.864. The summed E-state index contributed by atoms with van der Waals surface area (Å²) in [5.74, 6) is 0.671. The molecule has 0 heterocycles. The van der Waals surface area contributed by atoms with Crippen molar-refractivity contribution in [3.63, 3.8) is 0 Å². The third kappa shape index (κ3) is 9.16. The Morgan fingerprint density at radius 1 is 1.38 bits per heavy atom. The average Bonchev–Trinajstić information content (AvgIpc) is 2.13. The molecule has 0 aromatic carbocycles. The minimum Gasteiger partial charge on any atom is -0.356 e. The lowest BCUT2D eigenvalue weighted by Gasteiger charge is -2.02. The van der Waals surface area contributed by atoms with Crippen LogP contribution in [0.2, 0.25) is 0 Å². The Labute approximate surface area is 84.1 Å². The maximum Gasteiger partial charge on any atom is 0.219 e. The topological polar surface area (TPSA) is 52.9 Å². The molecule has 13 heavy (non-hydrogen) atoms. The Morgan fingerprint density at radius 2 is 2.15 bits per heavy atom. The van der Waals surface area contributed by atoms with Gasteiger partial charge in [-0.25, -0.2) is 0 Å². The molecule has 0 aliphatic heterocycles. The Hall–Kier alpha value is -0.750. The van der Waals surface area contributed by atoms with Gasteiger partial charge >= 0.3 is 0 Å². The standard InChI is InChI=1S/C9H15ClN2O/c10-6-2-1-5-9(13)12-8-4-3-7-11/h1-6,8H2,(H,12,13). The normalized spacial score (nSPS) is 9.23. The number of alkyl halides is 1. The first-order valence-corrected chi connectivity index (χ1v) is 5.04. The number of hydrogen-bond donors (Lipinski definition) is 1. The third-order valence-corrected chi connectivity index (χ3v) is 1.84. The number of carbonyl (C=O) groups excluding carboxylic acids is 1. The fraction of sp³-hybridized carbons (Fsp3) is 0.778. The van der Waals surface area contributed by atoms with Gasteiger partial charge in [-0.05, 0) is 19.3 Å². The molecule has 0 saturated heterocycles. The number of carbonyl (C=O) groups is 1. The first kappa shape index (κ1) is 12.2. The van der Waals surface area contributed by atoms with Gasteiger partial charge in [0.15, 0.2) is 0 Å². The van der Waals surface area contributed by atoms with E-state index in [1.54, 1.807) is 0 Å². The van der Waals surface area contributed by atoms with Crippen LogP contribution >= 0.6 is 11.6 Å². The van der Waals surface area contributed by atoms with Gasteiger partial charge in [-0.2, -0.15) is 5.26 Å². The Kier molecular flexibility index (Phi) is 8.80. The lowest BCUT2D eigenvalue weighted by Crippen LogP contribution is -2.23. The second kappa shape index (κ2) is 9.34. The van der Waals surface area contributed by atoms with E-state index in [1.807, 2.05) is 6.07 Å². The summed E-state index contributed by atoms with van der Waals surface area (Å²) in [6.07, 6.45) is 3.50. The summed E-state index contributed by atoms with van der Waals surface area (Å²) < 4.78 is 0. The third-order valence-electron chi connectivity index (χ3n) is 1.57. The number of hydrogen-bond acceptors (Lipinski definition) is 2.